The molecule has 2 heterocycles. The Bertz CT molecular complexity index is 654. The zero-order chi connectivity index (χ0) is 14.9. The number of carbonyl (C=O) groups excluding carboxylic acids is 2. The molecule has 0 aliphatic carbocycles. The van der Waals surface area contributed by atoms with E-state index in [2.05, 4.69) is 5.32 Å². The van der Waals surface area contributed by atoms with Gasteiger partial charge in [0, 0.05) is 6.54 Å². The number of thiophene rings is 1. The molecule has 2 amide bonds. The van der Waals surface area contributed by atoms with Gasteiger partial charge in [0.1, 0.15) is 5.54 Å². The highest BCUT2D eigenvalue weighted by Crippen LogP contribution is 2.27. The van der Waals surface area contributed by atoms with Crippen molar-refractivity contribution in [1.29, 1.82) is 0 Å². The monoisotopic (exact) mass is 300 g/mol. The first-order chi connectivity index (χ1) is 10.1. The van der Waals surface area contributed by atoms with E-state index in [-0.39, 0.29) is 18.4 Å². The third-order valence-electron chi connectivity index (χ3n) is 3.74. The number of amides is 2. The SMILES string of the molecule is CC1(c2ccccc2)NC(=O)CN(Cc2ccsc2)C1=O. The van der Waals surface area contributed by atoms with Gasteiger partial charge < -0.3 is 10.2 Å². The van der Waals surface area contributed by atoms with Crippen LogP contribution in [0, 0.1) is 0 Å². The van der Waals surface area contributed by atoms with Crippen LogP contribution in [0.25, 0.3) is 0 Å². The maximum Gasteiger partial charge on any atom is 0.253 e. The normalized spacial score (nSPS) is 22.2. The summed E-state index contributed by atoms with van der Waals surface area (Å²) in [5.41, 5.74) is 0.865. The maximum atomic E-state index is 12.8. The van der Waals surface area contributed by atoms with E-state index in [0.29, 0.717) is 6.54 Å². The number of hydrogen-bond donors (Lipinski definition) is 1. The molecule has 2 aromatic rings. The molecule has 21 heavy (non-hydrogen) atoms. The minimum absolute atomic E-state index is 0.0699. The first-order valence-corrected chi connectivity index (χ1v) is 7.71. The second kappa shape index (κ2) is 5.33. The van der Waals surface area contributed by atoms with Crippen LogP contribution in [0.2, 0.25) is 0 Å². The molecule has 1 aromatic heterocycles. The van der Waals surface area contributed by atoms with Crippen molar-refractivity contribution in [2.24, 2.45) is 0 Å². The van der Waals surface area contributed by atoms with Gasteiger partial charge in [-0.15, -0.1) is 0 Å². The lowest BCUT2D eigenvalue weighted by molar-refractivity contribution is -0.150. The number of benzene rings is 1. The molecular formula is C16H16N2O2S. The molecule has 1 aliphatic heterocycles. The van der Waals surface area contributed by atoms with Crippen LogP contribution >= 0.6 is 11.3 Å². The van der Waals surface area contributed by atoms with Crippen molar-refractivity contribution < 1.29 is 9.59 Å². The molecule has 0 spiro atoms. The van der Waals surface area contributed by atoms with Crippen molar-refractivity contribution >= 4 is 23.2 Å². The van der Waals surface area contributed by atoms with Crippen LogP contribution < -0.4 is 5.32 Å². The van der Waals surface area contributed by atoms with Gasteiger partial charge in [0.15, 0.2) is 0 Å². The molecule has 5 heteroatoms. The second-order valence-electron chi connectivity index (χ2n) is 5.33. The van der Waals surface area contributed by atoms with Crippen molar-refractivity contribution in [3.05, 3.63) is 58.3 Å². The summed E-state index contributed by atoms with van der Waals surface area (Å²) >= 11 is 1.59. The Hall–Kier alpha value is -2.14. The first-order valence-electron chi connectivity index (χ1n) is 6.76. The van der Waals surface area contributed by atoms with E-state index >= 15 is 0 Å². The summed E-state index contributed by atoms with van der Waals surface area (Å²) < 4.78 is 0. The fraction of sp³-hybridized carbons (Fsp3) is 0.250. The second-order valence-corrected chi connectivity index (χ2v) is 6.11. The molecule has 1 saturated heterocycles. The average molecular weight is 300 g/mol. The van der Waals surface area contributed by atoms with Crippen LogP contribution in [0.3, 0.4) is 0 Å². The lowest BCUT2D eigenvalue weighted by Crippen LogP contribution is -2.62. The quantitative estimate of drug-likeness (QED) is 0.944. The molecule has 4 nitrogen and oxygen atoms in total. The van der Waals surface area contributed by atoms with Crippen LogP contribution in [-0.2, 0) is 21.7 Å². The topological polar surface area (TPSA) is 49.4 Å². The summed E-state index contributed by atoms with van der Waals surface area (Å²) in [5.74, 6) is -0.198. The Balaban J connectivity index is 1.91. The molecule has 0 bridgehead atoms. The van der Waals surface area contributed by atoms with Gasteiger partial charge in [0.25, 0.3) is 5.91 Å². The summed E-state index contributed by atoms with van der Waals surface area (Å²) in [6.07, 6.45) is 0. The van der Waals surface area contributed by atoms with E-state index in [1.54, 1.807) is 23.2 Å². The van der Waals surface area contributed by atoms with Crippen molar-refractivity contribution in [1.82, 2.24) is 10.2 Å². The predicted octanol–water partition coefficient (Wildman–Crippen LogP) is 2.12. The Labute approximate surface area is 127 Å². The highest BCUT2D eigenvalue weighted by atomic mass is 32.1. The van der Waals surface area contributed by atoms with E-state index in [1.807, 2.05) is 47.2 Å². The third kappa shape index (κ3) is 2.56. The van der Waals surface area contributed by atoms with Gasteiger partial charge in [-0.3, -0.25) is 9.59 Å². The Morgan fingerprint density at radius 1 is 1.24 bits per heavy atom. The zero-order valence-electron chi connectivity index (χ0n) is 11.7. The number of piperazine rings is 1. The number of rotatable bonds is 3. The maximum absolute atomic E-state index is 12.8. The van der Waals surface area contributed by atoms with Crippen LogP contribution in [0.1, 0.15) is 18.1 Å². The smallest absolute Gasteiger partial charge is 0.253 e. The van der Waals surface area contributed by atoms with Crippen LogP contribution in [0.15, 0.2) is 47.2 Å². The Kier molecular flexibility index (Phi) is 3.51. The molecule has 1 atom stereocenters. The molecule has 1 aromatic carbocycles. The summed E-state index contributed by atoms with van der Waals surface area (Å²) in [7, 11) is 0. The number of nitrogens with one attached hydrogen (secondary N) is 1. The fourth-order valence-corrected chi connectivity index (χ4v) is 3.29. The van der Waals surface area contributed by atoms with E-state index in [1.165, 1.54) is 0 Å². The van der Waals surface area contributed by atoms with E-state index < -0.39 is 5.54 Å². The Morgan fingerprint density at radius 3 is 2.67 bits per heavy atom. The third-order valence-corrected chi connectivity index (χ3v) is 4.48. The van der Waals surface area contributed by atoms with Crippen LogP contribution in [-0.4, -0.2) is 23.3 Å². The van der Waals surface area contributed by atoms with Crippen LogP contribution in [0.4, 0.5) is 0 Å². The molecular weight excluding hydrogens is 284 g/mol. The predicted molar refractivity (Wildman–Crippen MR) is 81.7 cm³/mol. The van der Waals surface area contributed by atoms with E-state index in [9.17, 15) is 9.59 Å². The van der Waals surface area contributed by atoms with Gasteiger partial charge in [-0.05, 0) is 34.9 Å². The zero-order valence-corrected chi connectivity index (χ0v) is 12.5. The van der Waals surface area contributed by atoms with Gasteiger partial charge >= 0.3 is 0 Å². The minimum atomic E-state index is -0.993. The lowest BCUT2D eigenvalue weighted by atomic mass is 9.88. The van der Waals surface area contributed by atoms with Crippen molar-refractivity contribution in [2.75, 3.05) is 6.54 Å². The summed E-state index contributed by atoms with van der Waals surface area (Å²) in [5, 5.41) is 6.81. The Morgan fingerprint density at radius 2 is 2.00 bits per heavy atom. The first kappa shape index (κ1) is 13.8. The van der Waals surface area contributed by atoms with Gasteiger partial charge in [-0.1, -0.05) is 30.3 Å². The van der Waals surface area contributed by atoms with Gasteiger partial charge in [-0.2, -0.15) is 11.3 Å². The standard InChI is InChI=1S/C16H16N2O2S/c1-16(13-5-3-2-4-6-13)15(20)18(10-14(19)17-16)9-12-7-8-21-11-12/h2-8,11H,9-10H2,1H3,(H,17,19). The average Bonchev–Trinajstić information content (AvgIpc) is 2.98. The largest absolute Gasteiger partial charge is 0.337 e. The molecule has 1 fully saturated rings. The highest BCUT2D eigenvalue weighted by molar-refractivity contribution is 7.07. The lowest BCUT2D eigenvalue weighted by Gasteiger charge is -2.40. The van der Waals surface area contributed by atoms with Gasteiger partial charge in [-0.25, -0.2) is 0 Å². The van der Waals surface area contributed by atoms with Gasteiger partial charge in [0.2, 0.25) is 5.91 Å². The molecule has 0 saturated carbocycles. The number of nitrogens with zero attached hydrogens (tertiary/aromatic N) is 1. The van der Waals surface area contributed by atoms with Crippen LogP contribution in [0.5, 0.6) is 0 Å². The van der Waals surface area contributed by atoms with Gasteiger partial charge in [0.05, 0.1) is 6.54 Å². The van der Waals surface area contributed by atoms with Crippen molar-refractivity contribution in [3.63, 3.8) is 0 Å². The summed E-state index contributed by atoms with van der Waals surface area (Å²) in [6, 6.07) is 11.4. The van der Waals surface area contributed by atoms with Crippen molar-refractivity contribution in [2.45, 2.75) is 19.0 Å². The molecule has 0 radical (unpaired) electrons. The molecule has 1 N–H and O–H groups in total. The van der Waals surface area contributed by atoms with E-state index in [0.717, 1.165) is 11.1 Å². The molecule has 1 aliphatic rings. The fourth-order valence-electron chi connectivity index (χ4n) is 2.63. The number of carbonyl (C=O) groups is 2. The molecule has 3 rings (SSSR count). The van der Waals surface area contributed by atoms with E-state index in [4.69, 9.17) is 0 Å². The highest BCUT2D eigenvalue weighted by Gasteiger charge is 2.44. The summed E-state index contributed by atoms with van der Waals surface area (Å²) in [6.45, 7) is 2.34. The molecule has 108 valence electrons. The minimum Gasteiger partial charge on any atom is -0.337 e. The number of hydrogen-bond acceptors (Lipinski definition) is 3. The van der Waals surface area contributed by atoms with Crippen molar-refractivity contribution in [3.8, 4) is 0 Å². The summed E-state index contributed by atoms with van der Waals surface area (Å²) in [4.78, 5) is 26.5. The molecule has 1 unspecified atom stereocenters.